The summed E-state index contributed by atoms with van der Waals surface area (Å²) >= 11 is 12.4. The van der Waals surface area contributed by atoms with Crippen LogP contribution in [-0.4, -0.2) is 23.2 Å². The van der Waals surface area contributed by atoms with E-state index in [4.69, 9.17) is 33.2 Å². The standard InChI is InChI=1S/C17H10Cl2N2O3/c18-8-4-10(19)14-11(5-8)21-15(17(22)23)16-13(14)9-3-7(6-20)1-2-12(9)24-16/h1-5,13,15-16,21H,(H,22,23). The second-order valence-corrected chi connectivity index (χ2v) is 6.58. The van der Waals surface area contributed by atoms with Crippen LogP contribution in [0.15, 0.2) is 30.3 Å². The summed E-state index contributed by atoms with van der Waals surface area (Å²) < 4.78 is 5.88. The molecule has 0 aliphatic carbocycles. The van der Waals surface area contributed by atoms with Gasteiger partial charge in [-0.15, -0.1) is 0 Å². The van der Waals surface area contributed by atoms with Crippen molar-refractivity contribution in [3.05, 3.63) is 57.1 Å². The van der Waals surface area contributed by atoms with E-state index in [0.29, 0.717) is 27.0 Å². The third-order valence-corrected chi connectivity index (χ3v) is 4.91. The van der Waals surface area contributed by atoms with Gasteiger partial charge in [-0.3, -0.25) is 0 Å². The molecule has 2 aliphatic heterocycles. The number of fused-ring (bicyclic) bond motifs is 5. The van der Waals surface area contributed by atoms with E-state index in [1.807, 2.05) is 0 Å². The van der Waals surface area contributed by atoms with Gasteiger partial charge >= 0.3 is 5.97 Å². The van der Waals surface area contributed by atoms with Gasteiger partial charge in [-0.25, -0.2) is 4.79 Å². The summed E-state index contributed by atoms with van der Waals surface area (Å²) in [5.41, 5.74) is 2.55. The van der Waals surface area contributed by atoms with Gasteiger partial charge in [-0.2, -0.15) is 5.26 Å². The predicted octanol–water partition coefficient (Wildman–Crippen LogP) is 3.64. The monoisotopic (exact) mass is 360 g/mol. The number of rotatable bonds is 1. The summed E-state index contributed by atoms with van der Waals surface area (Å²) in [7, 11) is 0. The second kappa shape index (κ2) is 5.30. The number of nitrogens with zero attached hydrogens (tertiary/aromatic N) is 1. The smallest absolute Gasteiger partial charge is 0.330 e. The Bertz CT molecular complexity index is 923. The molecule has 0 radical (unpaired) electrons. The Morgan fingerprint density at radius 2 is 2.08 bits per heavy atom. The van der Waals surface area contributed by atoms with Gasteiger partial charge in [-0.1, -0.05) is 23.2 Å². The normalized spacial score (nSPS) is 23.1. The lowest BCUT2D eigenvalue weighted by molar-refractivity contribution is -0.140. The number of halogens is 2. The highest BCUT2D eigenvalue weighted by molar-refractivity contribution is 6.35. The SMILES string of the molecule is N#Cc1ccc2c(c1)C1c3c(Cl)cc(Cl)cc3NC(C(=O)O)C1O2. The van der Waals surface area contributed by atoms with Crippen LogP contribution in [0.2, 0.25) is 10.0 Å². The number of carboxylic acids is 1. The number of hydrogen-bond acceptors (Lipinski definition) is 4. The van der Waals surface area contributed by atoms with E-state index in [1.165, 1.54) is 0 Å². The minimum absolute atomic E-state index is 0.379. The zero-order valence-electron chi connectivity index (χ0n) is 12.1. The van der Waals surface area contributed by atoms with Crippen LogP contribution in [0.1, 0.15) is 22.6 Å². The highest BCUT2D eigenvalue weighted by Crippen LogP contribution is 2.51. The van der Waals surface area contributed by atoms with E-state index in [2.05, 4.69) is 11.4 Å². The first-order valence-corrected chi connectivity index (χ1v) is 7.94. The molecule has 2 N–H and O–H groups in total. The number of anilines is 1. The molecule has 2 aromatic carbocycles. The molecule has 24 heavy (non-hydrogen) atoms. The van der Waals surface area contributed by atoms with Crippen molar-refractivity contribution in [2.45, 2.75) is 18.1 Å². The maximum absolute atomic E-state index is 11.7. The summed E-state index contributed by atoms with van der Waals surface area (Å²) in [6.07, 6.45) is -0.655. The molecule has 0 spiro atoms. The van der Waals surface area contributed by atoms with Crippen molar-refractivity contribution in [3.63, 3.8) is 0 Å². The molecule has 0 bridgehead atoms. The zero-order valence-corrected chi connectivity index (χ0v) is 13.6. The molecular weight excluding hydrogens is 351 g/mol. The number of ether oxygens (including phenoxy) is 1. The number of carboxylic acid groups (broad SMARTS) is 1. The quantitative estimate of drug-likeness (QED) is 0.811. The molecule has 2 heterocycles. The number of nitriles is 1. The zero-order chi connectivity index (χ0) is 17.0. The molecule has 4 rings (SSSR count). The van der Waals surface area contributed by atoms with E-state index >= 15 is 0 Å². The third kappa shape index (κ3) is 2.11. The average molecular weight is 361 g/mol. The van der Waals surface area contributed by atoms with Crippen LogP contribution in [0.5, 0.6) is 5.75 Å². The van der Waals surface area contributed by atoms with Crippen LogP contribution in [0.4, 0.5) is 5.69 Å². The molecule has 120 valence electrons. The predicted molar refractivity (Wildman–Crippen MR) is 88.9 cm³/mol. The van der Waals surface area contributed by atoms with E-state index < -0.39 is 18.1 Å². The molecule has 7 heteroatoms. The minimum Gasteiger partial charge on any atom is -0.486 e. The van der Waals surface area contributed by atoms with Crippen molar-refractivity contribution in [2.75, 3.05) is 5.32 Å². The molecular formula is C17H10Cl2N2O3. The van der Waals surface area contributed by atoms with Crippen LogP contribution in [0.25, 0.3) is 0 Å². The lowest BCUT2D eigenvalue weighted by Crippen LogP contribution is -2.48. The van der Waals surface area contributed by atoms with Gasteiger partial charge in [0, 0.05) is 26.9 Å². The Kier molecular flexibility index (Phi) is 3.34. The van der Waals surface area contributed by atoms with Gasteiger partial charge < -0.3 is 15.2 Å². The molecule has 0 saturated carbocycles. The maximum atomic E-state index is 11.7. The third-order valence-electron chi connectivity index (χ3n) is 4.38. The largest absolute Gasteiger partial charge is 0.486 e. The van der Waals surface area contributed by atoms with Crippen molar-refractivity contribution in [1.82, 2.24) is 0 Å². The Morgan fingerprint density at radius 3 is 2.79 bits per heavy atom. The van der Waals surface area contributed by atoms with E-state index in [1.54, 1.807) is 30.3 Å². The van der Waals surface area contributed by atoms with E-state index in [9.17, 15) is 9.90 Å². The van der Waals surface area contributed by atoms with E-state index in [0.717, 1.165) is 11.1 Å². The maximum Gasteiger partial charge on any atom is 0.330 e. The first-order valence-electron chi connectivity index (χ1n) is 7.18. The highest BCUT2D eigenvalue weighted by atomic mass is 35.5. The van der Waals surface area contributed by atoms with Crippen molar-refractivity contribution in [2.24, 2.45) is 0 Å². The fourth-order valence-electron chi connectivity index (χ4n) is 3.41. The van der Waals surface area contributed by atoms with Gasteiger partial charge in [0.2, 0.25) is 0 Å². The summed E-state index contributed by atoms with van der Waals surface area (Å²) in [6.45, 7) is 0. The number of aliphatic carboxylic acids is 1. The molecule has 2 aromatic rings. The molecule has 0 amide bonds. The molecule has 3 unspecified atom stereocenters. The molecule has 3 atom stereocenters. The summed E-state index contributed by atoms with van der Waals surface area (Å²) in [4.78, 5) is 11.7. The number of benzene rings is 2. The highest BCUT2D eigenvalue weighted by Gasteiger charge is 2.48. The Labute approximate surface area is 147 Å². The molecule has 2 aliphatic rings. The van der Waals surface area contributed by atoms with Gasteiger partial charge in [0.25, 0.3) is 0 Å². The van der Waals surface area contributed by atoms with Crippen molar-refractivity contribution >= 4 is 34.9 Å². The average Bonchev–Trinajstić information content (AvgIpc) is 2.91. The molecule has 5 nitrogen and oxygen atoms in total. The Morgan fingerprint density at radius 1 is 1.29 bits per heavy atom. The number of carbonyl (C=O) groups is 1. The van der Waals surface area contributed by atoms with Crippen molar-refractivity contribution < 1.29 is 14.6 Å². The Hall–Kier alpha value is -2.42. The molecule has 0 saturated heterocycles. The second-order valence-electron chi connectivity index (χ2n) is 5.73. The number of nitrogens with one attached hydrogen (secondary N) is 1. The first-order chi connectivity index (χ1) is 11.5. The Balaban J connectivity index is 1.97. The number of hydrogen-bond donors (Lipinski definition) is 2. The summed E-state index contributed by atoms with van der Waals surface area (Å²) in [5, 5.41) is 22.5. The van der Waals surface area contributed by atoms with Crippen molar-refractivity contribution in [3.8, 4) is 11.8 Å². The van der Waals surface area contributed by atoms with Crippen LogP contribution in [0.3, 0.4) is 0 Å². The fourth-order valence-corrected chi connectivity index (χ4v) is 4.02. The lowest BCUT2D eigenvalue weighted by Gasteiger charge is -2.34. The van der Waals surface area contributed by atoms with Crippen LogP contribution in [0, 0.1) is 11.3 Å². The summed E-state index contributed by atoms with van der Waals surface area (Å²) in [5.74, 6) is -0.841. The first kappa shape index (κ1) is 15.1. The van der Waals surface area contributed by atoms with Gasteiger partial charge in [0.1, 0.15) is 11.9 Å². The molecule has 0 aromatic heterocycles. The van der Waals surface area contributed by atoms with Crippen LogP contribution < -0.4 is 10.1 Å². The van der Waals surface area contributed by atoms with Gasteiger partial charge in [0.05, 0.1) is 17.6 Å². The van der Waals surface area contributed by atoms with Crippen molar-refractivity contribution in [1.29, 1.82) is 5.26 Å². The van der Waals surface area contributed by atoms with Gasteiger partial charge in [-0.05, 0) is 30.3 Å². The lowest BCUT2D eigenvalue weighted by atomic mass is 9.81. The topological polar surface area (TPSA) is 82.4 Å². The van der Waals surface area contributed by atoms with E-state index in [-0.39, 0.29) is 5.92 Å². The summed E-state index contributed by atoms with van der Waals surface area (Å²) in [6, 6.07) is 9.47. The fraction of sp³-hybridized carbons (Fsp3) is 0.176. The molecule has 0 fully saturated rings. The van der Waals surface area contributed by atoms with Crippen LogP contribution >= 0.6 is 23.2 Å². The van der Waals surface area contributed by atoms with Crippen LogP contribution in [-0.2, 0) is 4.79 Å². The minimum atomic E-state index is -1.03. The van der Waals surface area contributed by atoms with Gasteiger partial charge in [0.15, 0.2) is 6.04 Å².